The SMILES string of the molecule is [C-]#[N+]c1cc(Oc2ccc3c4cc(-c5cc(-c6ccccc6)cc(-c6ccccc6)c5)ccc4n(-c4ccc(-n5c6ccccc6c6cccc(-n7c8ccccc8c8ccccc87)c65)cn4)c3c2)cc(-n2[c-][n+](-c3ccccc3-c3ccccc3)c3ccccc32)c1. The van der Waals surface area contributed by atoms with Gasteiger partial charge in [0.05, 0.1) is 79.7 Å². The molecule has 0 aliphatic carbocycles. The van der Waals surface area contributed by atoms with Crippen molar-refractivity contribution < 1.29 is 9.30 Å². The molecule has 5 aromatic heterocycles. The van der Waals surface area contributed by atoms with Gasteiger partial charge in [0.1, 0.15) is 17.3 Å². The van der Waals surface area contributed by atoms with Gasteiger partial charge in [-0.3, -0.25) is 13.7 Å². The highest BCUT2D eigenvalue weighted by molar-refractivity contribution is 6.15. The van der Waals surface area contributed by atoms with Crippen LogP contribution >= 0.6 is 0 Å². The number of aromatic nitrogens is 6. The maximum absolute atomic E-state index is 8.36. The number of benzene rings is 13. The quantitative estimate of drug-likeness (QED) is 0.0957. The topological polar surface area (TPSA) is 50.1 Å². The molecule has 0 saturated heterocycles. The van der Waals surface area contributed by atoms with Crippen molar-refractivity contribution in [3.8, 4) is 84.6 Å². The third-order valence-corrected chi connectivity index (χ3v) is 18.2. The van der Waals surface area contributed by atoms with Crippen molar-refractivity contribution in [3.05, 3.63) is 339 Å². The molecular formula is C85H53N7O. The van der Waals surface area contributed by atoms with Crippen molar-refractivity contribution in [1.82, 2.24) is 23.3 Å². The number of para-hydroxylation sites is 7. The number of ether oxygens (including phenoxy) is 1. The summed E-state index contributed by atoms with van der Waals surface area (Å²) >= 11 is 0. The average molecular weight is 1190 g/mol. The minimum atomic E-state index is 0.439. The number of rotatable bonds is 11. The Morgan fingerprint density at radius 1 is 0.355 bits per heavy atom. The van der Waals surface area contributed by atoms with E-state index < -0.39 is 0 Å². The molecule has 0 saturated carbocycles. The molecule has 18 rings (SSSR count). The molecule has 434 valence electrons. The second-order valence-electron chi connectivity index (χ2n) is 23.6. The predicted molar refractivity (Wildman–Crippen MR) is 379 cm³/mol. The van der Waals surface area contributed by atoms with Gasteiger partial charge in [-0.05, 0) is 148 Å². The smallest absolute Gasteiger partial charge is 0.269 e. The second kappa shape index (κ2) is 21.7. The minimum absolute atomic E-state index is 0.439. The van der Waals surface area contributed by atoms with Crippen LogP contribution in [-0.4, -0.2) is 23.3 Å². The van der Waals surface area contributed by atoms with Crippen LogP contribution in [0.3, 0.4) is 0 Å². The zero-order valence-electron chi connectivity index (χ0n) is 50.1. The van der Waals surface area contributed by atoms with Gasteiger partial charge < -0.3 is 13.9 Å². The molecule has 8 heteroatoms. The van der Waals surface area contributed by atoms with Crippen molar-refractivity contribution in [2.45, 2.75) is 0 Å². The molecule has 0 bridgehead atoms. The summed E-state index contributed by atoms with van der Waals surface area (Å²) in [6, 6.07) is 111. The number of pyridine rings is 1. The van der Waals surface area contributed by atoms with Crippen LogP contribution in [0.4, 0.5) is 5.69 Å². The summed E-state index contributed by atoms with van der Waals surface area (Å²) in [7, 11) is 0. The Kier molecular flexibility index (Phi) is 12.4. The molecule has 18 aromatic rings. The summed E-state index contributed by atoms with van der Waals surface area (Å²) in [5.41, 5.74) is 21.5. The van der Waals surface area contributed by atoms with Crippen molar-refractivity contribution in [3.63, 3.8) is 0 Å². The fourth-order valence-corrected chi connectivity index (χ4v) is 14.1. The Morgan fingerprint density at radius 2 is 0.925 bits per heavy atom. The lowest BCUT2D eigenvalue weighted by atomic mass is 9.93. The van der Waals surface area contributed by atoms with Crippen LogP contribution < -0.4 is 9.30 Å². The Balaban J connectivity index is 0.796. The van der Waals surface area contributed by atoms with Gasteiger partial charge in [-0.2, -0.15) is 0 Å². The highest BCUT2D eigenvalue weighted by Gasteiger charge is 2.23. The molecular weight excluding hydrogens is 1130 g/mol. The van der Waals surface area contributed by atoms with Crippen LogP contribution in [0, 0.1) is 12.9 Å². The molecule has 0 aliphatic heterocycles. The molecule has 0 radical (unpaired) electrons. The van der Waals surface area contributed by atoms with Crippen molar-refractivity contribution in [2.75, 3.05) is 0 Å². The Bertz CT molecular complexity index is 5920. The third-order valence-electron chi connectivity index (χ3n) is 18.2. The first-order chi connectivity index (χ1) is 46.1. The minimum Gasteiger partial charge on any atom is -0.459 e. The first kappa shape index (κ1) is 53.2. The zero-order chi connectivity index (χ0) is 61.5. The molecule has 93 heavy (non-hydrogen) atoms. The van der Waals surface area contributed by atoms with Crippen molar-refractivity contribution >= 4 is 82.1 Å². The van der Waals surface area contributed by atoms with Crippen LogP contribution in [0.25, 0.3) is 154 Å². The zero-order valence-corrected chi connectivity index (χ0v) is 50.1. The van der Waals surface area contributed by atoms with Gasteiger partial charge in [0.25, 0.3) is 6.33 Å². The monoisotopic (exact) mass is 1190 g/mol. The summed E-state index contributed by atoms with van der Waals surface area (Å²) in [6.45, 7) is 8.36. The molecule has 8 nitrogen and oxygen atoms in total. The normalized spacial score (nSPS) is 11.6. The van der Waals surface area contributed by atoms with Crippen LogP contribution in [0.5, 0.6) is 11.5 Å². The van der Waals surface area contributed by atoms with Gasteiger partial charge in [0.2, 0.25) is 0 Å². The molecule has 0 unspecified atom stereocenters. The fourth-order valence-electron chi connectivity index (χ4n) is 14.1. The second-order valence-corrected chi connectivity index (χ2v) is 23.6. The molecule has 0 aliphatic rings. The number of imidazole rings is 1. The lowest BCUT2D eigenvalue weighted by molar-refractivity contribution is -0.571. The third kappa shape index (κ3) is 8.90. The molecule has 13 aromatic carbocycles. The number of fused-ring (bicyclic) bond motifs is 10. The van der Waals surface area contributed by atoms with Gasteiger partial charge in [-0.15, -0.1) is 0 Å². The van der Waals surface area contributed by atoms with Crippen LogP contribution in [0.2, 0.25) is 0 Å². The number of nitrogens with zero attached hydrogens (tertiary/aromatic N) is 7. The maximum Gasteiger partial charge on any atom is 0.269 e. The first-order valence-corrected chi connectivity index (χ1v) is 31.2. The Hall–Kier alpha value is -12.8. The molecule has 0 N–H and O–H groups in total. The summed E-state index contributed by atoms with van der Waals surface area (Å²) < 4.78 is 18.2. The standard InChI is InChI=1S/C85H53N7O/c1-86-63-50-65(88-55-89(81-38-20-19-37-80(81)88)75-33-15-11-28-68(75)58-26-9-4-10-27-58)52-67(51-63)93-66-42-43-72-74-49-59(62-47-60(56-22-5-2-6-23-56)46-61(48-62)57-24-7-3-8-25-57)40-44-79(74)92(83(72)53-66)84-45-41-64(54-87-84)90-76-34-16-14-31-71(76)73-32-21-39-82(85(73)90)91-77-35-17-12-29-69(77)70-30-13-18-36-78(70)91/h2-54H. The van der Waals surface area contributed by atoms with Crippen LogP contribution in [-0.2, 0) is 0 Å². The first-order valence-electron chi connectivity index (χ1n) is 31.2. The van der Waals surface area contributed by atoms with E-state index in [0.717, 1.165) is 139 Å². The van der Waals surface area contributed by atoms with E-state index in [2.05, 4.69) is 302 Å². The number of hydrogen-bond acceptors (Lipinski definition) is 2. The van der Waals surface area contributed by atoms with Crippen molar-refractivity contribution in [1.29, 1.82) is 0 Å². The molecule has 0 spiro atoms. The highest BCUT2D eigenvalue weighted by Crippen LogP contribution is 2.43. The lowest BCUT2D eigenvalue weighted by Crippen LogP contribution is -2.30. The lowest BCUT2D eigenvalue weighted by Gasteiger charge is -2.15. The molecule has 0 atom stereocenters. The average Bonchev–Trinajstić information content (AvgIpc) is 1.58. The van der Waals surface area contributed by atoms with E-state index in [0.29, 0.717) is 17.2 Å². The molecule has 0 amide bonds. The van der Waals surface area contributed by atoms with Gasteiger partial charge in [0.15, 0.2) is 5.69 Å². The summed E-state index contributed by atoms with van der Waals surface area (Å²) in [4.78, 5) is 9.45. The van der Waals surface area contributed by atoms with E-state index in [9.17, 15) is 0 Å². The Morgan fingerprint density at radius 3 is 1.60 bits per heavy atom. The number of hydrogen-bond donors (Lipinski definition) is 0. The van der Waals surface area contributed by atoms with E-state index in [-0.39, 0.29) is 0 Å². The van der Waals surface area contributed by atoms with E-state index in [1.54, 1.807) is 0 Å². The van der Waals surface area contributed by atoms with Gasteiger partial charge in [-0.25, -0.2) is 9.83 Å². The van der Waals surface area contributed by atoms with E-state index in [1.165, 1.54) is 10.8 Å². The molecule has 5 heterocycles. The summed E-state index contributed by atoms with van der Waals surface area (Å²) in [5, 5.41) is 6.85. The van der Waals surface area contributed by atoms with Gasteiger partial charge >= 0.3 is 0 Å². The van der Waals surface area contributed by atoms with Crippen molar-refractivity contribution in [2.24, 2.45) is 0 Å². The summed E-state index contributed by atoms with van der Waals surface area (Å²) in [5.74, 6) is 1.88. The molecule has 0 fully saturated rings. The highest BCUT2D eigenvalue weighted by atomic mass is 16.5. The summed E-state index contributed by atoms with van der Waals surface area (Å²) in [6.07, 6.45) is 5.71. The van der Waals surface area contributed by atoms with E-state index in [4.69, 9.17) is 16.3 Å². The van der Waals surface area contributed by atoms with E-state index >= 15 is 0 Å². The largest absolute Gasteiger partial charge is 0.459 e. The predicted octanol–water partition coefficient (Wildman–Crippen LogP) is 21.4. The van der Waals surface area contributed by atoms with Crippen LogP contribution in [0.15, 0.2) is 322 Å². The van der Waals surface area contributed by atoms with E-state index in [1.807, 2.05) is 53.2 Å². The fraction of sp³-hybridized carbons (Fsp3) is 0. The Labute approximate surface area is 535 Å². The van der Waals surface area contributed by atoms with Crippen LogP contribution in [0.1, 0.15) is 0 Å². The van der Waals surface area contributed by atoms with Gasteiger partial charge in [0, 0.05) is 38.4 Å². The van der Waals surface area contributed by atoms with Gasteiger partial charge in [-0.1, -0.05) is 206 Å². The maximum atomic E-state index is 8.36.